The summed E-state index contributed by atoms with van der Waals surface area (Å²) < 4.78 is 0.905. The van der Waals surface area contributed by atoms with Crippen LogP contribution in [0.1, 0.15) is 42.0 Å². The minimum Gasteiger partial charge on any atom is -0.507 e. The molecule has 23 heavy (non-hydrogen) atoms. The van der Waals surface area contributed by atoms with Crippen molar-refractivity contribution in [1.29, 1.82) is 0 Å². The Morgan fingerprint density at radius 2 is 1.74 bits per heavy atom. The van der Waals surface area contributed by atoms with Gasteiger partial charge >= 0.3 is 17.1 Å². The largest absolute Gasteiger partial charge is 0.507 e. The Bertz CT molecular complexity index is 855. The summed E-state index contributed by atoms with van der Waals surface area (Å²) in [6.45, 7) is 5.71. The van der Waals surface area contributed by atoms with Crippen LogP contribution in [0, 0.1) is 13.8 Å². The number of hydrogen-bond acceptors (Lipinski definition) is 4. The molecule has 0 aliphatic carbocycles. The fourth-order valence-electron chi connectivity index (χ4n) is 2.65. The first kappa shape index (κ1) is 16.8. The average Bonchev–Trinajstić information content (AvgIpc) is 2.48. The van der Waals surface area contributed by atoms with Crippen LogP contribution in [0.2, 0.25) is 0 Å². The van der Waals surface area contributed by atoms with E-state index in [2.05, 4.69) is 6.92 Å². The van der Waals surface area contributed by atoms with E-state index >= 15 is 0 Å². The van der Waals surface area contributed by atoms with Gasteiger partial charge in [-0.05, 0) is 48.9 Å². The number of H-pyrrole nitrogens is 2. The highest BCUT2D eigenvalue weighted by Gasteiger charge is 2.14. The molecule has 0 unspecified atom stereocenters. The normalized spacial score (nSPS) is 10.9. The third-order valence-electron chi connectivity index (χ3n) is 4.03. The van der Waals surface area contributed by atoms with Gasteiger partial charge in [0.1, 0.15) is 5.75 Å². The Morgan fingerprint density at radius 3 is 2.30 bits per heavy atom. The SMILES string of the molecule is CCCCc1cc(C)c(Cn2c(=O)[nH]c(=O)[nH]c2=O)c(C)c1O. The Balaban J connectivity index is 2.50. The van der Waals surface area contributed by atoms with E-state index in [0.29, 0.717) is 11.1 Å². The molecule has 0 spiro atoms. The molecule has 124 valence electrons. The molecule has 1 aromatic heterocycles. The smallest absolute Gasteiger partial charge is 0.333 e. The zero-order chi connectivity index (χ0) is 17.1. The number of benzene rings is 1. The van der Waals surface area contributed by atoms with Crippen molar-refractivity contribution in [2.24, 2.45) is 0 Å². The van der Waals surface area contributed by atoms with Gasteiger partial charge in [0.2, 0.25) is 0 Å². The van der Waals surface area contributed by atoms with Gasteiger partial charge in [0.25, 0.3) is 0 Å². The Labute approximate surface area is 132 Å². The van der Waals surface area contributed by atoms with E-state index in [0.717, 1.165) is 35.0 Å². The monoisotopic (exact) mass is 319 g/mol. The van der Waals surface area contributed by atoms with Gasteiger partial charge < -0.3 is 5.11 Å². The maximum atomic E-state index is 11.8. The van der Waals surface area contributed by atoms with Crippen LogP contribution in [0.3, 0.4) is 0 Å². The molecule has 0 saturated heterocycles. The van der Waals surface area contributed by atoms with Crippen LogP contribution in [0.15, 0.2) is 20.4 Å². The van der Waals surface area contributed by atoms with Crippen LogP contribution in [0.5, 0.6) is 5.75 Å². The number of nitrogens with one attached hydrogen (secondary N) is 2. The summed E-state index contributed by atoms with van der Waals surface area (Å²) in [6.07, 6.45) is 2.79. The lowest BCUT2D eigenvalue weighted by molar-refractivity contribution is 0.460. The number of aryl methyl sites for hydroxylation is 2. The molecular weight excluding hydrogens is 298 g/mol. The molecule has 0 bridgehead atoms. The topological polar surface area (TPSA) is 108 Å². The van der Waals surface area contributed by atoms with Gasteiger partial charge in [-0.15, -0.1) is 0 Å². The maximum absolute atomic E-state index is 11.8. The second kappa shape index (κ2) is 6.68. The lowest BCUT2D eigenvalue weighted by Gasteiger charge is -2.16. The standard InChI is InChI=1S/C16H21N3O4/c1-4-5-6-11-7-9(2)12(10(3)13(11)20)8-19-15(22)17-14(21)18-16(19)23/h7,20H,4-6,8H2,1-3H3,(H2,17,18,21,22,23). The third-order valence-corrected chi connectivity index (χ3v) is 4.03. The van der Waals surface area contributed by atoms with E-state index in [1.807, 2.05) is 23.0 Å². The van der Waals surface area contributed by atoms with Crippen molar-refractivity contribution >= 4 is 0 Å². The number of hydrogen-bond donors (Lipinski definition) is 3. The summed E-state index contributed by atoms with van der Waals surface area (Å²) in [7, 11) is 0. The van der Waals surface area contributed by atoms with Crippen molar-refractivity contribution < 1.29 is 5.11 Å². The van der Waals surface area contributed by atoms with Crippen LogP contribution < -0.4 is 17.1 Å². The first-order valence-electron chi connectivity index (χ1n) is 7.59. The quantitative estimate of drug-likeness (QED) is 0.762. The number of unbranched alkanes of at least 4 members (excludes halogenated alkanes) is 1. The van der Waals surface area contributed by atoms with Crippen molar-refractivity contribution in [3.63, 3.8) is 0 Å². The highest BCUT2D eigenvalue weighted by molar-refractivity contribution is 5.49. The molecule has 1 aromatic carbocycles. The van der Waals surface area contributed by atoms with Crippen molar-refractivity contribution in [3.05, 3.63) is 59.8 Å². The second-order valence-electron chi connectivity index (χ2n) is 5.68. The molecule has 7 nitrogen and oxygen atoms in total. The minimum atomic E-state index is -0.831. The van der Waals surface area contributed by atoms with E-state index in [1.165, 1.54) is 0 Å². The molecule has 0 atom stereocenters. The molecular formula is C16H21N3O4. The molecule has 1 heterocycles. The molecule has 0 fully saturated rings. The second-order valence-corrected chi connectivity index (χ2v) is 5.68. The van der Waals surface area contributed by atoms with Crippen LogP contribution in [0.25, 0.3) is 0 Å². The third kappa shape index (κ3) is 3.44. The van der Waals surface area contributed by atoms with E-state index in [1.54, 1.807) is 6.92 Å². The summed E-state index contributed by atoms with van der Waals surface area (Å²) in [4.78, 5) is 38.7. The van der Waals surface area contributed by atoms with Gasteiger partial charge in [-0.1, -0.05) is 19.4 Å². The fraction of sp³-hybridized carbons (Fsp3) is 0.438. The lowest BCUT2D eigenvalue weighted by atomic mass is 9.95. The maximum Gasteiger partial charge on any atom is 0.333 e. The highest BCUT2D eigenvalue weighted by atomic mass is 16.3. The Kier molecular flexibility index (Phi) is 4.88. The number of rotatable bonds is 5. The van der Waals surface area contributed by atoms with Crippen molar-refractivity contribution in [1.82, 2.24) is 14.5 Å². The minimum absolute atomic E-state index is 0.00969. The van der Waals surface area contributed by atoms with Crippen LogP contribution in [-0.2, 0) is 13.0 Å². The van der Waals surface area contributed by atoms with Crippen molar-refractivity contribution in [2.45, 2.75) is 46.6 Å². The molecule has 0 amide bonds. The van der Waals surface area contributed by atoms with Crippen molar-refractivity contribution in [2.75, 3.05) is 0 Å². The van der Waals surface area contributed by atoms with Crippen LogP contribution in [-0.4, -0.2) is 19.6 Å². The van der Waals surface area contributed by atoms with E-state index < -0.39 is 17.1 Å². The van der Waals surface area contributed by atoms with E-state index in [-0.39, 0.29) is 12.3 Å². The van der Waals surface area contributed by atoms with E-state index in [9.17, 15) is 19.5 Å². The molecule has 2 aromatic rings. The summed E-state index contributed by atoms with van der Waals surface area (Å²) in [5.41, 5.74) is 0.731. The van der Waals surface area contributed by atoms with Gasteiger partial charge in [0, 0.05) is 0 Å². The highest BCUT2D eigenvalue weighted by Crippen LogP contribution is 2.29. The molecule has 0 radical (unpaired) electrons. The van der Waals surface area contributed by atoms with Crippen LogP contribution >= 0.6 is 0 Å². The first-order chi connectivity index (χ1) is 10.8. The lowest BCUT2D eigenvalue weighted by Crippen LogP contribution is -2.43. The van der Waals surface area contributed by atoms with Gasteiger partial charge in [0.05, 0.1) is 6.54 Å². The average molecular weight is 319 g/mol. The summed E-state index contributed by atoms with van der Waals surface area (Å²) in [5, 5.41) is 10.4. The summed E-state index contributed by atoms with van der Waals surface area (Å²) >= 11 is 0. The molecule has 0 saturated carbocycles. The fourth-order valence-corrected chi connectivity index (χ4v) is 2.65. The van der Waals surface area contributed by atoms with Gasteiger partial charge in [0.15, 0.2) is 0 Å². The number of aromatic amines is 2. The number of aromatic hydroxyl groups is 1. The molecule has 7 heteroatoms. The molecule has 0 aliphatic rings. The zero-order valence-electron chi connectivity index (χ0n) is 13.5. The number of phenols is 1. The molecule has 3 N–H and O–H groups in total. The van der Waals surface area contributed by atoms with Gasteiger partial charge in [-0.2, -0.15) is 0 Å². The Morgan fingerprint density at radius 1 is 1.13 bits per heavy atom. The van der Waals surface area contributed by atoms with Gasteiger partial charge in [-0.3, -0.25) is 9.97 Å². The van der Waals surface area contributed by atoms with E-state index in [4.69, 9.17) is 0 Å². The molecule has 2 rings (SSSR count). The van der Waals surface area contributed by atoms with Crippen molar-refractivity contribution in [3.8, 4) is 5.75 Å². The summed E-state index contributed by atoms with van der Waals surface area (Å²) in [6, 6.07) is 1.89. The Hall–Kier alpha value is -2.57. The number of phenolic OH excluding ortho intramolecular Hbond substituents is 1. The first-order valence-corrected chi connectivity index (χ1v) is 7.59. The molecule has 0 aliphatic heterocycles. The predicted octanol–water partition coefficient (Wildman–Crippen LogP) is 0.938. The zero-order valence-corrected chi connectivity index (χ0v) is 13.5. The number of nitrogens with zero attached hydrogens (tertiary/aromatic N) is 1. The number of aromatic nitrogens is 3. The predicted molar refractivity (Wildman–Crippen MR) is 87.2 cm³/mol. The van der Waals surface area contributed by atoms with Crippen LogP contribution in [0.4, 0.5) is 0 Å². The van der Waals surface area contributed by atoms with Gasteiger partial charge in [-0.25, -0.2) is 19.0 Å². The summed E-state index contributed by atoms with van der Waals surface area (Å²) in [5.74, 6) is 0.202.